The average molecular weight is 1330 g/mol. The van der Waals surface area contributed by atoms with E-state index < -0.39 is 47.7 Å². The maximum Gasteiger partial charge on any atom is 0.330 e. The lowest BCUT2D eigenvalue weighted by Crippen LogP contribution is -2.43. The van der Waals surface area contributed by atoms with Crippen LogP contribution >= 0.6 is 0 Å². The predicted molar refractivity (Wildman–Crippen MR) is 343 cm³/mol. The fourth-order valence-corrected chi connectivity index (χ4v) is 8.11. The largest absolute Gasteiger partial charge is 0.463 e. The monoisotopic (exact) mass is 1330 g/mol. The molecule has 0 radical (unpaired) electrons. The van der Waals surface area contributed by atoms with Gasteiger partial charge in [0.15, 0.2) is 0 Å². The fraction of sp³-hybridized carbons (Fsp3) is 0.844. The zero-order valence-corrected chi connectivity index (χ0v) is 57.4. The summed E-state index contributed by atoms with van der Waals surface area (Å²) in [4.78, 5) is 51.3. The highest BCUT2D eigenvalue weighted by Crippen LogP contribution is 2.21. The number of aliphatic hydroxyl groups excluding tert-OH is 4. The van der Waals surface area contributed by atoms with E-state index in [9.17, 15) is 39.6 Å². The molecular weight excluding hydrogens is 1210 g/mol. The lowest BCUT2D eigenvalue weighted by atomic mass is 9.92. The Labute approximate surface area is 549 Å². The lowest BCUT2D eigenvalue weighted by molar-refractivity contribution is -0.149. The first-order valence-electron chi connectivity index (χ1n) is 31.9. The van der Waals surface area contributed by atoms with Crippen LogP contribution in [0.4, 0.5) is 0 Å². The number of hydrogen-bond acceptors (Lipinski definition) is 28. The molecule has 0 aromatic heterocycles. The summed E-state index contributed by atoms with van der Waals surface area (Å²) in [5, 5.41) is 42.0. The molecule has 0 aromatic carbocycles. The van der Waals surface area contributed by atoms with E-state index in [0.29, 0.717) is 91.8 Å². The van der Waals surface area contributed by atoms with Gasteiger partial charge in [0.1, 0.15) is 26.4 Å². The first-order chi connectivity index (χ1) is 44.1. The molecule has 0 heterocycles. The van der Waals surface area contributed by atoms with Crippen LogP contribution in [0.2, 0.25) is 0 Å². The first kappa shape index (κ1) is 90.4. The molecule has 0 amide bonds. The highest BCUT2D eigenvalue weighted by Gasteiger charge is 2.33. The third-order valence-corrected chi connectivity index (χ3v) is 12.8. The van der Waals surface area contributed by atoms with E-state index in [1.54, 1.807) is 21.3 Å². The van der Waals surface area contributed by atoms with Gasteiger partial charge < -0.3 is 111 Å². The molecule has 0 saturated heterocycles. The van der Waals surface area contributed by atoms with Crippen LogP contribution in [0.1, 0.15) is 66.7 Å². The summed E-state index contributed by atoms with van der Waals surface area (Å²) in [6.07, 6.45) is 3.19. The molecule has 28 nitrogen and oxygen atoms in total. The highest BCUT2D eigenvalue weighted by atomic mass is 16.6. The summed E-state index contributed by atoms with van der Waals surface area (Å²) in [5.41, 5.74) is -0.860. The molecule has 0 bridgehead atoms. The molecule has 28 heteroatoms. The quantitative estimate of drug-likeness (QED) is 0.0293. The van der Waals surface area contributed by atoms with Crippen LogP contribution in [-0.4, -0.2) is 341 Å². The standard InChI is InChI=1S/C38H81N3O13.C26H40O12/c1-31(23-49-27-35(42)19-39(5)13-10-16-46-7)52-26-34(4)54-30-38(45)22-41(15-12-18-48-9)21-37(44)28-50-24-32(2)51-25-33(3)53-29-36(43)20-40(6)14-11-17-47-8;1-5-9-25(30)38-17-13-34-21-26(18-31-10-14-35-22(27)6-2,19-32-11-15-36-23(28)7-3)20-33-12-16-37-24(29)8-4/h31-38,42-45H,10-30H2,1-9H3;6-8H,2-5,9-21H2,1H3. The van der Waals surface area contributed by atoms with Gasteiger partial charge in [0, 0.05) is 112 Å². The van der Waals surface area contributed by atoms with E-state index >= 15 is 0 Å². The smallest absolute Gasteiger partial charge is 0.330 e. The molecule has 8 atom stereocenters. The van der Waals surface area contributed by atoms with Gasteiger partial charge in [-0.05, 0) is 67.5 Å². The third kappa shape index (κ3) is 57.7. The Hall–Kier alpha value is -3.70. The van der Waals surface area contributed by atoms with Crippen LogP contribution < -0.4 is 0 Å². The van der Waals surface area contributed by atoms with Crippen molar-refractivity contribution in [3.05, 3.63) is 38.0 Å². The summed E-state index contributed by atoms with van der Waals surface area (Å²) in [5.74, 6) is -2.03. The average Bonchev–Trinajstić information content (AvgIpc) is 1.51. The molecule has 0 spiro atoms. The second-order valence-corrected chi connectivity index (χ2v) is 22.4. The van der Waals surface area contributed by atoms with Gasteiger partial charge in [0.05, 0.1) is 160 Å². The van der Waals surface area contributed by atoms with Crippen LogP contribution in [0.15, 0.2) is 38.0 Å². The highest BCUT2D eigenvalue weighted by molar-refractivity contribution is 5.81. The van der Waals surface area contributed by atoms with Gasteiger partial charge in [0.25, 0.3) is 0 Å². The van der Waals surface area contributed by atoms with E-state index in [-0.39, 0.29) is 136 Å². The van der Waals surface area contributed by atoms with Gasteiger partial charge in [-0.25, -0.2) is 14.4 Å². The van der Waals surface area contributed by atoms with Crippen molar-refractivity contribution in [2.75, 3.05) is 233 Å². The normalized spacial score (nSPS) is 14.4. The third-order valence-electron chi connectivity index (χ3n) is 12.8. The lowest BCUT2D eigenvalue weighted by Gasteiger charge is -2.33. The van der Waals surface area contributed by atoms with Crippen molar-refractivity contribution in [3.63, 3.8) is 0 Å². The van der Waals surface area contributed by atoms with E-state index in [4.69, 9.17) is 80.5 Å². The van der Waals surface area contributed by atoms with Crippen molar-refractivity contribution < 1.29 is 120 Å². The maximum atomic E-state index is 11.6. The minimum Gasteiger partial charge on any atom is -0.463 e. The number of aliphatic hydroxyl groups is 4. The molecule has 0 aliphatic rings. The summed E-state index contributed by atoms with van der Waals surface area (Å²) in [6, 6.07) is 0. The van der Waals surface area contributed by atoms with Gasteiger partial charge in [-0.1, -0.05) is 26.7 Å². The van der Waals surface area contributed by atoms with E-state index in [1.165, 1.54) is 0 Å². The van der Waals surface area contributed by atoms with Crippen molar-refractivity contribution in [1.82, 2.24) is 14.7 Å². The Morgan fingerprint density at radius 3 is 1.09 bits per heavy atom. The number of esters is 4. The van der Waals surface area contributed by atoms with Crippen molar-refractivity contribution in [1.29, 1.82) is 0 Å². The van der Waals surface area contributed by atoms with Gasteiger partial charge in [-0.2, -0.15) is 0 Å². The van der Waals surface area contributed by atoms with Crippen molar-refractivity contribution in [3.8, 4) is 0 Å². The number of carbonyl (C=O) groups excluding carboxylic acids is 4. The number of carbonyl (C=O) groups is 4. The van der Waals surface area contributed by atoms with Gasteiger partial charge >= 0.3 is 23.9 Å². The summed E-state index contributed by atoms with van der Waals surface area (Å²) >= 11 is 0. The Kier molecular flexibility index (Phi) is 61.0. The van der Waals surface area contributed by atoms with Crippen LogP contribution in [0.5, 0.6) is 0 Å². The van der Waals surface area contributed by atoms with Crippen molar-refractivity contribution in [2.45, 2.75) is 116 Å². The van der Waals surface area contributed by atoms with E-state index in [1.807, 2.05) is 53.6 Å². The molecule has 0 saturated carbocycles. The second-order valence-electron chi connectivity index (χ2n) is 22.4. The Morgan fingerprint density at radius 1 is 0.413 bits per heavy atom. The molecule has 0 fully saturated rings. The molecule has 92 heavy (non-hydrogen) atoms. The number of methoxy groups -OCH3 is 3. The number of ether oxygens (including phenoxy) is 17. The van der Waals surface area contributed by atoms with Gasteiger partial charge in [-0.15, -0.1) is 0 Å². The molecule has 4 N–H and O–H groups in total. The number of nitrogens with zero attached hydrogens (tertiary/aromatic N) is 3. The van der Waals surface area contributed by atoms with E-state index in [0.717, 1.165) is 50.6 Å². The van der Waals surface area contributed by atoms with Crippen molar-refractivity contribution in [2.24, 2.45) is 5.41 Å². The zero-order chi connectivity index (χ0) is 69.1. The molecule has 542 valence electrons. The Morgan fingerprint density at radius 2 is 0.728 bits per heavy atom. The van der Waals surface area contributed by atoms with Gasteiger partial charge in [0.2, 0.25) is 0 Å². The minimum atomic E-state index is -0.860. The summed E-state index contributed by atoms with van der Waals surface area (Å²) in [7, 11) is 8.93. The SMILES string of the molecule is C=CC(=O)OCCOCC(COCCOC(=O)C=C)(COCCOC(=O)C=C)COCCOC(=O)CCC.COCCCN(C)CC(O)COCC(C)OCC(C)OCC(O)CN(CCCOC)CC(O)COCC(C)OCC(C)OCC(O)CN(C)CCCOC. The number of hydrogen-bond donors (Lipinski definition) is 4. The maximum absolute atomic E-state index is 11.6. The van der Waals surface area contributed by atoms with Crippen LogP contribution in [0, 0.1) is 5.41 Å². The van der Waals surface area contributed by atoms with Crippen molar-refractivity contribution >= 4 is 23.9 Å². The Balaban J connectivity index is 0. The molecule has 8 unspecified atom stereocenters. The number of rotatable bonds is 65. The fourth-order valence-electron chi connectivity index (χ4n) is 8.11. The molecule has 0 rings (SSSR count). The summed E-state index contributed by atoms with van der Waals surface area (Å²) in [6.45, 7) is 28.3. The zero-order valence-electron chi connectivity index (χ0n) is 57.4. The Bertz CT molecular complexity index is 1720. The molecule has 0 aliphatic heterocycles. The first-order valence-corrected chi connectivity index (χ1v) is 31.9. The van der Waals surface area contributed by atoms with Crippen LogP contribution in [0.25, 0.3) is 0 Å². The predicted octanol–water partition coefficient (Wildman–Crippen LogP) is 1.93. The molecule has 0 aliphatic carbocycles. The number of likely N-dealkylation sites (N-methyl/N-ethyl adjacent to an activating group) is 2. The van der Waals surface area contributed by atoms with Gasteiger partial charge in [-0.3, -0.25) is 9.69 Å². The minimum absolute atomic E-state index is 0.00585. The van der Waals surface area contributed by atoms with Crippen LogP contribution in [0.3, 0.4) is 0 Å². The topological polar surface area (TPSA) is 316 Å². The van der Waals surface area contributed by atoms with E-state index in [2.05, 4.69) is 29.5 Å². The second kappa shape index (κ2) is 62.1. The molecule has 0 aromatic rings. The summed E-state index contributed by atoms with van der Waals surface area (Å²) < 4.78 is 92.8. The van der Waals surface area contributed by atoms with Crippen LogP contribution in [-0.2, 0) is 99.7 Å². The molecular formula is C64H121N3O25.